The maximum Gasteiger partial charge on any atom is 0.416 e. The number of hydrogen-bond acceptors (Lipinski definition) is 3. The van der Waals surface area contributed by atoms with Gasteiger partial charge in [0.15, 0.2) is 0 Å². The summed E-state index contributed by atoms with van der Waals surface area (Å²) in [6.07, 6.45) is -1.59. The molecule has 0 saturated heterocycles. The molecular weight excluding hydrogens is 345 g/mol. The molecule has 1 N–H and O–H groups in total. The standard InChI is InChI=1S/C18H21F3N4O/c1-11-14(12(2)25(5)23-11)7-9-17(26)22-15-10-13(18(19,20)21)6-8-16(15)24(3)4/h6-10H,1-5H3,(H,22,26)/b9-7+. The topological polar surface area (TPSA) is 50.2 Å². The van der Waals surface area contributed by atoms with Crippen molar-refractivity contribution >= 4 is 23.4 Å². The Labute approximate surface area is 150 Å². The first-order valence-electron chi connectivity index (χ1n) is 7.88. The van der Waals surface area contributed by atoms with Crippen LogP contribution in [0, 0.1) is 13.8 Å². The van der Waals surface area contributed by atoms with Crippen molar-refractivity contribution in [2.45, 2.75) is 20.0 Å². The summed E-state index contributed by atoms with van der Waals surface area (Å²) >= 11 is 0. The Morgan fingerprint density at radius 3 is 2.42 bits per heavy atom. The fourth-order valence-electron chi connectivity index (χ4n) is 2.57. The summed E-state index contributed by atoms with van der Waals surface area (Å²) in [7, 11) is 5.18. The van der Waals surface area contributed by atoms with Crippen molar-refractivity contribution in [2.75, 3.05) is 24.3 Å². The first-order chi connectivity index (χ1) is 12.0. The average Bonchev–Trinajstić information content (AvgIpc) is 2.77. The van der Waals surface area contributed by atoms with Gasteiger partial charge in [-0.05, 0) is 38.1 Å². The van der Waals surface area contributed by atoms with E-state index in [0.29, 0.717) is 5.69 Å². The summed E-state index contributed by atoms with van der Waals surface area (Å²) in [4.78, 5) is 13.9. The zero-order chi connectivity index (χ0) is 19.6. The fourth-order valence-corrected chi connectivity index (χ4v) is 2.57. The third-order valence-electron chi connectivity index (χ3n) is 4.03. The Balaban J connectivity index is 2.28. The molecule has 26 heavy (non-hydrogen) atoms. The number of aryl methyl sites for hydroxylation is 2. The number of carbonyl (C=O) groups is 1. The van der Waals surface area contributed by atoms with Gasteiger partial charge in [0.25, 0.3) is 0 Å². The summed E-state index contributed by atoms with van der Waals surface area (Å²) < 4.78 is 40.5. The van der Waals surface area contributed by atoms with Crippen LogP contribution in [0.15, 0.2) is 24.3 Å². The molecule has 1 heterocycles. The molecule has 0 aliphatic rings. The number of hydrogen-bond donors (Lipinski definition) is 1. The van der Waals surface area contributed by atoms with E-state index in [1.165, 1.54) is 12.1 Å². The number of nitrogens with zero attached hydrogens (tertiary/aromatic N) is 3. The second-order valence-corrected chi connectivity index (χ2v) is 6.15. The minimum absolute atomic E-state index is 0.0964. The first-order valence-corrected chi connectivity index (χ1v) is 7.88. The smallest absolute Gasteiger partial charge is 0.376 e. The third-order valence-corrected chi connectivity index (χ3v) is 4.03. The van der Waals surface area contributed by atoms with Crippen molar-refractivity contribution in [3.8, 4) is 0 Å². The predicted octanol–water partition coefficient (Wildman–Crippen LogP) is 3.77. The quantitative estimate of drug-likeness (QED) is 0.838. The molecule has 1 aromatic carbocycles. The van der Waals surface area contributed by atoms with E-state index < -0.39 is 17.6 Å². The van der Waals surface area contributed by atoms with Gasteiger partial charge in [0.1, 0.15) is 0 Å². The van der Waals surface area contributed by atoms with E-state index in [-0.39, 0.29) is 5.69 Å². The minimum atomic E-state index is -4.48. The summed E-state index contributed by atoms with van der Waals surface area (Å²) in [5, 5.41) is 6.78. The highest BCUT2D eigenvalue weighted by Crippen LogP contribution is 2.34. The number of aromatic nitrogens is 2. The number of carbonyl (C=O) groups excluding carboxylic acids is 1. The molecule has 0 aliphatic carbocycles. The number of rotatable bonds is 4. The molecule has 5 nitrogen and oxygen atoms in total. The zero-order valence-corrected chi connectivity index (χ0v) is 15.3. The summed E-state index contributed by atoms with van der Waals surface area (Å²) in [5.41, 5.74) is 2.22. The van der Waals surface area contributed by atoms with Crippen molar-refractivity contribution in [3.05, 3.63) is 46.8 Å². The second-order valence-electron chi connectivity index (χ2n) is 6.15. The molecule has 0 unspecified atom stereocenters. The molecule has 1 amide bonds. The average molecular weight is 366 g/mol. The maximum absolute atomic E-state index is 12.9. The van der Waals surface area contributed by atoms with Crippen molar-refractivity contribution in [3.63, 3.8) is 0 Å². The number of amides is 1. The molecule has 0 aliphatic heterocycles. The lowest BCUT2D eigenvalue weighted by Gasteiger charge is -2.19. The molecule has 1 aromatic heterocycles. The van der Waals surface area contributed by atoms with Crippen molar-refractivity contribution < 1.29 is 18.0 Å². The Morgan fingerprint density at radius 2 is 1.92 bits per heavy atom. The van der Waals surface area contributed by atoms with E-state index in [1.54, 1.807) is 36.8 Å². The van der Waals surface area contributed by atoms with Crippen LogP contribution in [-0.4, -0.2) is 29.8 Å². The van der Waals surface area contributed by atoms with E-state index in [2.05, 4.69) is 10.4 Å². The van der Waals surface area contributed by atoms with Crippen LogP contribution in [0.5, 0.6) is 0 Å². The predicted molar refractivity (Wildman–Crippen MR) is 96.1 cm³/mol. The molecule has 0 saturated carbocycles. The summed E-state index contributed by atoms with van der Waals surface area (Å²) in [6.45, 7) is 3.69. The molecule has 0 radical (unpaired) electrons. The zero-order valence-electron chi connectivity index (χ0n) is 15.3. The van der Waals surface area contributed by atoms with Gasteiger partial charge < -0.3 is 10.2 Å². The van der Waals surface area contributed by atoms with Crippen LogP contribution in [-0.2, 0) is 18.0 Å². The highest BCUT2D eigenvalue weighted by atomic mass is 19.4. The molecule has 8 heteroatoms. The lowest BCUT2D eigenvalue weighted by Crippen LogP contribution is -2.16. The van der Waals surface area contributed by atoms with E-state index in [0.717, 1.165) is 29.1 Å². The summed E-state index contributed by atoms with van der Waals surface area (Å²) in [5.74, 6) is -0.518. The largest absolute Gasteiger partial charge is 0.416 e. The molecular formula is C18H21F3N4O. The molecule has 2 rings (SSSR count). The Bertz CT molecular complexity index is 851. The Morgan fingerprint density at radius 1 is 1.27 bits per heavy atom. The van der Waals surface area contributed by atoms with Gasteiger partial charge >= 0.3 is 6.18 Å². The number of nitrogens with one attached hydrogen (secondary N) is 1. The molecule has 0 fully saturated rings. The molecule has 0 spiro atoms. The van der Waals surface area contributed by atoms with Gasteiger partial charge in [-0.1, -0.05) is 0 Å². The van der Waals surface area contributed by atoms with Crippen LogP contribution in [0.4, 0.5) is 24.5 Å². The van der Waals surface area contributed by atoms with E-state index in [9.17, 15) is 18.0 Å². The first kappa shape index (κ1) is 19.6. The highest BCUT2D eigenvalue weighted by molar-refractivity contribution is 6.04. The normalized spacial score (nSPS) is 11.8. The number of anilines is 2. The molecule has 0 bridgehead atoms. The third kappa shape index (κ3) is 4.25. The van der Waals surface area contributed by atoms with Crippen LogP contribution in [0.3, 0.4) is 0 Å². The lowest BCUT2D eigenvalue weighted by molar-refractivity contribution is -0.137. The highest BCUT2D eigenvalue weighted by Gasteiger charge is 2.31. The van der Waals surface area contributed by atoms with Gasteiger partial charge in [0, 0.05) is 38.5 Å². The van der Waals surface area contributed by atoms with Crippen LogP contribution >= 0.6 is 0 Å². The van der Waals surface area contributed by atoms with Crippen molar-refractivity contribution in [1.29, 1.82) is 0 Å². The van der Waals surface area contributed by atoms with Gasteiger partial charge in [0.05, 0.1) is 22.6 Å². The van der Waals surface area contributed by atoms with Gasteiger partial charge in [-0.3, -0.25) is 9.48 Å². The van der Waals surface area contributed by atoms with Gasteiger partial charge in [-0.25, -0.2) is 0 Å². The van der Waals surface area contributed by atoms with Crippen LogP contribution in [0.25, 0.3) is 6.08 Å². The number of halogens is 3. The molecule has 2 aromatic rings. The van der Waals surface area contributed by atoms with E-state index in [1.807, 2.05) is 13.8 Å². The SMILES string of the molecule is Cc1nn(C)c(C)c1/C=C/C(=O)Nc1cc(C(F)(F)F)ccc1N(C)C. The second kappa shape index (κ2) is 7.23. The number of benzene rings is 1. The van der Waals surface area contributed by atoms with E-state index >= 15 is 0 Å². The minimum Gasteiger partial charge on any atom is -0.376 e. The van der Waals surface area contributed by atoms with E-state index in [4.69, 9.17) is 0 Å². The van der Waals surface area contributed by atoms with Gasteiger partial charge in [-0.2, -0.15) is 18.3 Å². The Hall–Kier alpha value is -2.77. The van der Waals surface area contributed by atoms with Crippen molar-refractivity contribution in [1.82, 2.24) is 9.78 Å². The van der Waals surface area contributed by atoms with Gasteiger partial charge in [0.2, 0.25) is 5.91 Å². The summed E-state index contributed by atoms with van der Waals surface area (Å²) in [6, 6.07) is 3.25. The Kier molecular flexibility index (Phi) is 5.44. The lowest BCUT2D eigenvalue weighted by atomic mass is 10.1. The maximum atomic E-state index is 12.9. The monoisotopic (exact) mass is 366 g/mol. The van der Waals surface area contributed by atoms with Crippen molar-refractivity contribution in [2.24, 2.45) is 7.05 Å². The molecule has 0 atom stereocenters. The van der Waals surface area contributed by atoms with Crippen LogP contribution in [0.2, 0.25) is 0 Å². The van der Waals surface area contributed by atoms with Crippen LogP contribution < -0.4 is 10.2 Å². The van der Waals surface area contributed by atoms with Crippen LogP contribution in [0.1, 0.15) is 22.5 Å². The van der Waals surface area contributed by atoms with Gasteiger partial charge in [-0.15, -0.1) is 0 Å². The fraction of sp³-hybridized carbons (Fsp3) is 0.333. The number of alkyl halides is 3. The molecule has 140 valence electrons.